The topological polar surface area (TPSA) is 16.4 Å². The second-order valence-corrected chi connectivity index (χ2v) is 11.0. The summed E-state index contributed by atoms with van der Waals surface area (Å²) in [5, 5.41) is 4.85. The maximum Gasteiger partial charge on any atom is 0.135 e. The minimum Gasteiger partial charge on any atom is -0.456 e. The predicted octanol–water partition coefficient (Wildman–Crippen LogP) is 10.5. The number of hydrogen-bond acceptors (Lipinski definition) is 2. The van der Waals surface area contributed by atoms with E-state index in [1.807, 2.05) is 12.1 Å². The maximum absolute atomic E-state index is 6.14. The van der Waals surface area contributed by atoms with Crippen LogP contribution in [0.2, 0.25) is 0 Å². The van der Waals surface area contributed by atoms with E-state index in [2.05, 4.69) is 134 Å². The molecule has 39 heavy (non-hydrogen) atoms. The second-order valence-electron chi connectivity index (χ2n) is 11.0. The van der Waals surface area contributed by atoms with Crippen molar-refractivity contribution in [2.75, 3.05) is 4.90 Å². The molecule has 8 rings (SSSR count). The molecule has 0 radical (unpaired) electrons. The highest BCUT2D eigenvalue weighted by Gasteiger charge is 2.36. The number of benzene rings is 6. The summed E-state index contributed by atoms with van der Waals surface area (Å²) in [6.07, 6.45) is 0. The van der Waals surface area contributed by atoms with Crippen LogP contribution in [0.3, 0.4) is 0 Å². The molecule has 1 aliphatic carbocycles. The van der Waals surface area contributed by atoms with E-state index in [4.69, 9.17) is 4.42 Å². The molecular formula is C37H27NO. The fourth-order valence-electron chi connectivity index (χ4n) is 6.43. The molecule has 0 N–H and O–H groups in total. The van der Waals surface area contributed by atoms with Crippen molar-refractivity contribution in [3.05, 3.63) is 139 Å². The molecule has 0 fully saturated rings. The fraction of sp³-hybridized carbons (Fsp3) is 0.0811. The number of furan rings is 1. The van der Waals surface area contributed by atoms with E-state index in [0.29, 0.717) is 0 Å². The largest absolute Gasteiger partial charge is 0.456 e. The van der Waals surface area contributed by atoms with Gasteiger partial charge >= 0.3 is 0 Å². The highest BCUT2D eigenvalue weighted by atomic mass is 16.3. The van der Waals surface area contributed by atoms with Crippen molar-refractivity contribution in [3.8, 4) is 11.1 Å². The van der Waals surface area contributed by atoms with Gasteiger partial charge in [0, 0.05) is 33.2 Å². The lowest BCUT2D eigenvalue weighted by Gasteiger charge is -2.28. The zero-order valence-electron chi connectivity index (χ0n) is 22.0. The van der Waals surface area contributed by atoms with Gasteiger partial charge in [-0.1, -0.05) is 80.6 Å². The number of fused-ring (bicyclic) bond motifs is 7. The summed E-state index contributed by atoms with van der Waals surface area (Å²) in [7, 11) is 0. The Bertz CT molecular complexity index is 2050. The van der Waals surface area contributed by atoms with Gasteiger partial charge in [0.2, 0.25) is 0 Å². The summed E-state index contributed by atoms with van der Waals surface area (Å²) in [6, 6.07) is 45.8. The summed E-state index contributed by atoms with van der Waals surface area (Å²) in [5.41, 5.74) is 10.5. The molecule has 2 nitrogen and oxygen atoms in total. The molecule has 1 heterocycles. The predicted molar refractivity (Wildman–Crippen MR) is 163 cm³/mol. The van der Waals surface area contributed by atoms with E-state index >= 15 is 0 Å². The quantitative estimate of drug-likeness (QED) is 0.239. The molecule has 186 valence electrons. The molecule has 0 unspecified atom stereocenters. The first-order valence-electron chi connectivity index (χ1n) is 13.5. The molecular weight excluding hydrogens is 474 g/mol. The van der Waals surface area contributed by atoms with Crippen molar-refractivity contribution in [3.63, 3.8) is 0 Å². The Balaban J connectivity index is 1.33. The van der Waals surface area contributed by atoms with Crippen LogP contribution < -0.4 is 4.90 Å². The van der Waals surface area contributed by atoms with Crippen LogP contribution in [-0.4, -0.2) is 0 Å². The van der Waals surface area contributed by atoms with Crippen molar-refractivity contribution >= 4 is 49.8 Å². The highest BCUT2D eigenvalue weighted by Crippen LogP contribution is 2.51. The SMILES string of the molecule is CC1(C)c2cc(N(c3ccccc3)c3ccc4oc5ccccc5c4c3)ccc2-c2cc3ccccc3cc21. The molecule has 0 amide bonds. The molecule has 1 aliphatic rings. The fourth-order valence-corrected chi connectivity index (χ4v) is 6.43. The van der Waals surface area contributed by atoms with Gasteiger partial charge in [-0.3, -0.25) is 0 Å². The van der Waals surface area contributed by atoms with Gasteiger partial charge in [-0.25, -0.2) is 0 Å². The van der Waals surface area contributed by atoms with E-state index < -0.39 is 0 Å². The van der Waals surface area contributed by atoms with Gasteiger partial charge < -0.3 is 9.32 Å². The zero-order chi connectivity index (χ0) is 26.1. The third-order valence-electron chi connectivity index (χ3n) is 8.42. The van der Waals surface area contributed by atoms with Crippen LogP contribution in [0.5, 0.6) is 0 Å². The monoisotopic (exact) mass is 501 g/mol. The standard InChI is InChI=1S/C37H27NO/c1-37(2)33-21-25-11-7-6-10-24(25)20-31(33)29-18-16-28(23-34(29)37)38(26-12-4-3-5-13-26)27-17-19-36-32(22-27)30-14-8-9-15-35(30)39-36/h3-23H,1-2H3. The molecule has 0 spiro atoms. The highest BCUT2D eigenvalue weighted by molar-refractivity contribution is 6.06. The zero-order valence-corrected chi connectivity index (χ0v) is 22.0. The minimum absolute atomic E-state index is 0.0994. The molecule has 7 aromatic rings. The lowest BCUT2D eigenvalue weighted by molar-refractivity contribution is 0.661. The van der Waals surface area contributed by atoms with E-state index in [1.165, 1.54) is 33.0 Å². The lowest BCUT2D eigenvalue weighted by atomic mass is 9.81. The number of para-hydroxylation sites is 2. The molecule has 0 saturated heterocycles. The summed E-state index contributed by atoms with van der Waals surface area (Å²) in [4.78, 5) is 2.36. The van der Waals surface area contributed by atoms with Crippen LogP contribution in [0.4, 0.5) is 17.1 Å². The van der Waals surface area contributed by atoms with E-state index in [-0.39, 0.29) is 5.41 Å². The first-order valence-corrected chi connectivity index (χ1v) is 13.5. The van der Waals surface area contributed by atoms with Gasteiger partial charge in [0.25, 0.3) is 0 Å². The van der Waals surface area contributed by atoms with Crippen molar-refractivity contribution < 1.29 is 4.42 Å². The van der Waals surface area contributed by atoms with Crippen LogP contribution in [0.25, 0.3) is 43.8 Å². The number of anilines is 3. The average molecular weight is 502 g/mol. The Labute approximate surface area is 227 Å². The number of nitrogens with zero attached hydrogens (tertiary/aromatic N) is 1. The molecule has 6 aromatic carbocycles. The summed E-state index contributed by atoms with van der Waals surface area (Å²) >= 11 is 0. The van der Waals surface area contributed by atoms with E-state index in [0.717, 1.165) is 39.0 Å². The molecule has 0 atom stereocenters. The van der Waals surface area contributed by atoms with Gasteiger partial charge in [-0.2, -0.15) is 0 Å². The van der Waals surface area contributed by atoms with Crippen LogP contribution in [-0.2, 0) is 5.41 Å². The Morgan fingerprint density at radius 2 is 1.13 bits per heavy atom. The van der Waals surface area contributed by atoms with Crippen LogP contribution in [0, 0.1) is 0 Å². The average Bonchev–Trinajstić information content (AvgIpc) is 3.45. The first kappa shape index (κ1) is 22.2. The van der Waals surface area contributed by atoms with Crippen molar-refractivity contribution in [2.24, 2.45) is 0 Å². The second kappa shape index (κ2) is 8.09. The summed E-state index contributed by atoms with van der Waals surface area (Å²) in [6.45, 7) is 4.71. The van der Waals surface area contributed by atoms with Crippen molar-refractivity contribution in [2.45, 2.75) is 19.3 Å². The van der Waals surface area contributed by atoms with Crippen LogP contribution >= 0.6 is 0 Å². The third kappa shape index (κ3) is 3.28. The van der Waals surface area contributed by atoms with E-state index in [9.17, 15) is 0 Å². The van der Waals surface area contributed by atoms with Crippen molar-refractivity contribution in [1.29, 1.82) is 0 Å². The third-order valence-corrected chi connectivity index (χ3v) is 8.42. The van der Waals surface area contributed by atoms with Gasteiger partial charge in [-0.15, -0.1) is 0 Å². The molecule has 1 aromatic heterocycles. The summed E-state index contributed by atoms with van der Waals surface area (Å²) < 4.78 is 6.14. The van der Waals surface area contributed by atoms with Gasteiger partial charge in [0.05, 0.1) is 0 Å². The Morgan fingerprint density at radius 1 is 0.487 bits per heavy atom. The normalized spacial score (nSPS) is 13.6. The Hall–Kier alpha value is -4.82. The first-order chi connectivity index (χ1) is 19.1. The van der Waals surface area contributed by atoms with Crippen LogP contribution in [0.1, 0.15) is 25.0 Å². The Morgan fingerprint density at radius 3 is 1.97 bits per heavy atom. The Kier molecular flexibility index (Phi) is 4.60. The molecule has 0 bridgehead atoms. The minimum atomic E-state index is -0.0994. The van der Waals surface area contributed by atoms with Crippen LogP contribution in [0.15, 0.2) is 132 Å². The maximum atomic E-state index is 6.14. The number of hydrogen-bond donors (Lipinski definition) is 0. The van der Waals surface area contributed by atoms with E-state index in [1.54, 1.807) is 0 Å². The molecule has 2 heteroatoms. The van der Waals surface area contributed by atoms with Gasteiger partial charge in [0.15, 0.2) is 0 Å². The molecule has 0 aliphatic heterocycles. The molecule has 0 saturated carbocycles. The van der Waals surface area contributed by atoms with Crippen molar-refractivity contribution in [1.82, 2.24) is 0 Å². The van der Waals surface area contributed by atoms with Gasteiger partial charge in [-0.05, 0) is 93.7 Å². The number of rotatable bonds is 3. The lowest BCUT2D eigenvalue weighted by Crippen LogP contribution is -2.16. The summed E-state index contributed by atoms with van der Waals surface area (Å²) in [5.74, 6) is 0. The van der Waals surface area contributed by atoms with Gasteiger partial charge in [0.1, 0.15) is 11.2 Å². The smallest absolute Gasteiger partial charge is 0.135 e.